The molecule has 8 aromatic rings. The summed E-state index contributed by atoms with van der Waals surface area (Å²) >= 11 is 0. The summed E-state index contributed by atoms with van der Waals surface area (Å²) in [6.07, 6.45) is 4.26. The average molecular weight is 719 g/mol. The first-order chi connectivity index (χ1) is 26.3. The maximum atomic E-state index is 4.27. The van der Waals surface area contributed by atoms with Gasteiger partial charge in [0, 0.05) is 38.0 Å². The number of rotatable bonds is 8. The quantitative estimate of drug-likeness (QED) is 0.153. The predicted molar refractivity (Wildman–Crippen MR) is 231 cm³/mol. The summed E-state index contributed by atoms with van der Waals surface area (Å²) in [5.74, 6) is 0. The lowest BCUT2D eigenvalue weighted by Gasteiger charge is -2.46. The van der Waals surface area contributed by atoms with E-state index in [2.05, 4.69) is 192 Å². The maximum Gasteiger partial charge on any atom is 0.0522 e. The van der Waals surface area contributed by atoms with Gasteiger partial charge in [-0.15, -0.1) is 0 Å². The molecule has 1 spiro atoms. The molecule has 8 aromatic carbocycles. The molecule has 53 heavy (non-hydrogen) atoms. The Morgan fingerprint density at radius 3 is 1.08 bits per heavy atom. The van der Waals surface area contributed by atoms with Crippen LogP contribution in [-0.4, -0.2) is 0 Å². The summed E-state index contributed by atoms with van der Waals surface area (Å²) in [4.78, 5) is 0. The molecule has 0 fully saturated rings. The van der Waals surface area contributed by atoms with Crippen LogP contribution in [0, 0.1) is 0 Å². The summed E-state index contributed by atoms with van der Waals surface area (Å²) in [5, 5.41) is 19.4. The van der Waals surface area contributed by atoms with Gasteiger partial charge in [0.15, 0.2) is 0 Å². The Kier molecular flexibility index (Phi) is 8.32. The summed E-state index contributed by atoms with van der Waals surface area (Å²) in [6, 6.07) is 67.6. The van der Waals surface area contributed by atoms with E-state index in [9.17, 15) is 0 Å². The first-order valence-electron chi connectivity index (χ1n) is 18.7. The second-order valence-corrected chi connectivity index (χ2v) is 18.2. The Morgan fingerprint density at radius 1 is 0.358 bits per heavy atom. The van der Waals surface area contributed by atoms with Crippen LogP contribution in [0.25, 0.3) is 21.5 Å². The van der Waals surface area contributed by atoms with E-state index >= 15 is 0 Å². The molecule has 256 valence electrons. The lowest BCUT2D eigenvalue weighted by molar-refractivity contribution is 0.431. The van der Waals surface area contributed by atoms with Crippen LogP contribution in [0.2, 0.25) is 0 Å². The maximum absolute atomic E-state index is 4.27. The highest BCUT2D eigenvalue weighted by molar-refractivity contribution is 7.74. The molecule has 0 saturated carbocycles. The molecule has 0 amide bonds. The lowest BCUT2D eigenvalue weighted by Crippen LogP contribution is -2.37. The molecule has 0 bridgehead atoms. The van der Waals surface area contributed by atoms with Crippen molar-refractivity contribution in [3.63, 3.8) is 0 Å². The van der Waals surface area contributed by atoms with Crippen molar-refractivity contribution < 1.29 is 0 Å². The van der Waals surface area contributed by atoms with E-state index in [0.717, 1.165) is 25.7 Å². The second kappa shape index (κ2) is 13.6. The Balaban J connectivity index is 1.22. The molecule has 0 aliphatic heterocycles. The molecule has 0 radical (unpaired) electrons. The summed E-state index contributed by atoms with van der Waals surface area (Å²) in [5.41, 5.74) is 8.22. The van der Waals surface area contributed by atoms with Gasteiger partial charge in [0.2, 0.25) is 0 Å². The lowest BCUT2D eigenvalue weighted by atomic mass is 9.59. The molecule has 2 nitrogen and oxygen atoms in total. The van der Waals surface area contributed by atoms with E-state index in [-0.39, 0.29) is 5.41 Å². The molecule has 2 N–H and O–H groups in total. The minimum atomic E-state index is -0.869. The molecule has 0 unspecified atom stereocenters. The minimum absolute atomic E-state index is 0.185. The van der Waals surface area contributed by atoms with E-state index in [1.54, 1.807) is 0 Å². The zero-order chi connectivity index (χ0) is 35.2. The van der Waals surface area contributed by atoms with Crippen LogP contribution in [0.1, 0.15) is 35.1 Å². The van der Waals surface area contributed by atoms with Crippen molar-refractivity contribution in [2.45, 2.75) is 31.1 Å². The number of hydrogen-bond donors (Lipinski definition) is 2. The molecule has 0 atom stereocenters. The molecule has 2 aliphatic carbocycles. The zero-order valence-electron chi connectivity index (χ0n) is 29.5. The number of hydrogen-bond acceptors (Lipinski definition) is 2. The van der Waals surface area contributed by atoms with Crippen LogP contribution in [0.4, 0.5) is 11.4 Å². The van der Waals surface area contributed by atoms with Gasteiger partial charge in [-0.3, -0.25) is 0 Å². The highest BCUT2D eigenvalue weighted by atomic mass is 31.1. The van der Waals surface area contributed by atoms with Gasteiger partial charge in [-0.25, -0.2) is 0 Å². The third kappa shape index (κ3) is 5.64. The van der Waals surface area contributed by atoms with Gasteiger partial charge in [-0.05, 0) is 81.6 Å². The van der Waals surface area contributed by atoms with Crippen molar-refractivity contribution in [3.8, 4) is 0 Å². The van der Waals surface area contributed by atoms with Crippen molar-refractivity contribution in [3.05, 3.63) is 204 Å². The van der Waals surface area contributed by atoms with E-state index in [4.69, 9.17) is 0 Å². The summed E-state index contributed by atoms with van der Waals surface area (Å²) in [6.45, 7) is 0. The first-order valence-corrected chi connectivity index (χ1v) is 21.4. The Bertz CT molecular complexity index is 2310. The largest absolute Gasteiger partial charge is 0.357 e. The number of aryl methyl sites for hydroxylation is 2. The third-order valence-corrected chi connectivity index (χ3v) is 15.6. The highest BCUT2D eigenvalue weighted by Crippen LogP contribution is 2.58. The van der Waals surface area contributed by atoms with Crippen molar-refractivity contribution >= 4 is 70.3 Å². The smallest absolute Gasteiger partial charge is 0.0522 e. The fourth-order valence-electron chi connectivity index (χ4n) is 9.06. The van der Waals surface area contributed by atoms with E-state index in [1.165, 1.54) is 76.4 Å². The summed E-state index contributed by atoms with van der Waals surface area (Å²) in [7, 11) is -1.74. The van der Waals surface area contributed by atoms with Gasteiger partial charge in [-0.1, -0.05) is 170 Å². The number of fused-ring (bicyclic) bond motifs is 2. The highest BCUT2D eigenvalue weighted by Gasteiger charge is 2.45. The van der Waals surface area contributed by atoms with E-state index < -0.39 is 16.1 Å². The third-order valence-electron chi connectivity index (χ3n) is 11.4. The normalized spacial score (nSPS) is 14.2. The standard InChI is InChI=1S/C49H40N2P2/c1-5-19-39(20-6-1)52(40-21-7-2-8-22-40)50-43-29-27-35-15-13-17-37-31-33-49(47(43)45(35)37)34-32-38-18-14-16-36-28-30-44(48(49)46(36)38)51-53(41-23-9-3-10-24-41)42-25-11-4-12-26-42/h1-30,50-51H,31-34H2. The fourth-order valence-corrected chi connectivity index (χ4v) is 12.9. The molecule has 10 rings (SSSR count). The van der Waals surface area contributed by atoms with Crippen LogP contribution >= 0.6 is 16.1 Å². The summed E-state index contributed by atoms with van der Waals surface area (Å²) < 4.78 is 0. The molecular formula is C49H40N2P2. The van der Waals surface area contributed by atoms with Crippen LogP contribution in [-0.2, 0) is 18.3 Å². The van der Waals surface area contributed by atoms with Crippen LogP contribution in [0.15, 0.2) is 182 Å². The Hall–Kier alpha value is -5.26. The van der Waals surface area contributed by atoms with Gasteiger partial charge < -0.3 is 10.2 Å². The second-order valence-electron chi connectivity index (χ2n) is 14.3. The molecule has 4 heteroatoms. The molecule has 0 saturated heterocycles. The molecule has 0 heterocycles. The SMILES string of the molecule is c1ccc(P(Nc2ccc3cccc4c3c2C2(CC4)CCc3cccc4ccc(NP(c5ccccc5)c5ccccc5)c2c34)c2ccccc2)cc1. The Morgan fingerprint density at radius 2 is 0.717 bits per heavy atom. The molecular weight excluding hydrogens is 679 g/mol. The van der Waals surface area contributed by atoms with E-state index in [1.807, 2.05) is 0 Å². The number of nitrogens with one attached hydrogen (secondary N) is 2. The van der Waals surface area contributed by atoms with E-state index in [0.29, 0.717) is 0 Å². The van der Waals surface area contributed by atoms with Crippen molar-refractivity contribution in [1.82, 2.24) is 0 Å². The van der Waals surface area contributed by atoms with Crippen molar-refractivity contribution in [2.75, 3.05) is 10.2 Å². The van der Waals surface area contributed by atoms with Gasteiger partial charge >= 0.3 is 0 Å². The topological polar surface area (TPSA) is 24.1 Å². The fraction of sp³-hybridized carbons (Fsp3) is 0.102. The molecule has 0 aromatic heterocycles. The monoisotopic (exact) mass is 718 g/mol. The minimum Gasteiger partial charge on any atom is -0.357 e. The van der Waals surface area contributed by atoms with Crippen LogP contribution in [0.5, 0.6) is 0 Å². The van der Waals surface area contributed by atoms with Gasteiger partial charge in [0.1, 0.15) is 0 Å². The average Bonchev–Trinajstić information content (AvgIpc) is 3.23. The van der Waals surface area contributed by atoms with Gasteiger partial charge in [-0.2, -0.15) is 0 Å². The molecule has 2 aliphatic rings. The Labute approximate surface area is 314 Å². The predicted octanol–water partition coefficient (Wildman–Crippen LogP) is 11.1. The van der Waals surface area contributed by atoms with Crippen LogP contribution in [0.3, 0.4) is 0 Å². The van der Waals surface area contributed by atoms with Crippen LogP contribution < -0.4 is 31.4 Å². The zero-order valence-corrected chi connectivity index (χ0v) is 31.3. The van der Waals surface area contributed by atoms with Gasteiger partial charge in [0.25, 0.3) is 0 Å². The first kappa shape index (κ1) is 32.4. The number of anilines is 2. The van der Waals surface area contributed by atoms with Crippen molar-refractivity contribution in [1.29, 1.82) is 0 Å². The van der Waals surface area contributed by atoms with Crippen molar-refractivity contribution in [2.24, 2.45) is 0 Å². The van der Waals surface area contributed by atoms with Gasteiger partial charge in [0.05, 0.1) is 16.1 Å². The number of benzene rings is 8.